The lowest BCUT2D eigenvalue weighted by Crippen LogP contribution is -1.99. The van der Waals surface area contributed by atoms with Gasteiger partial charge in [0, 0.05) is 0 Å². The molecule has 0 aromatic rings. The highest BCUT2D eigenvalue weighted by molar-refractivity contribution is 5.05. The molecule has 0 atom stereocenters. The number of rotatable bonds is 28. The van der Waals surface area contributed by atoms with Crippen molar-refractivity contribution in [3.8, 4) is 0 Å². The lowest BCUT2D eigenvalue weighted by atomic mass is 9.91. The fourth-order valence-corrected chi connectivity index (χ4v) is 5.61. The van der Waals surface area contributed by atoms with Gasteiger partial charge in [-0.2, -0.15) is 0 Å². The maximum absolute atomic E-state index is 2.56. The third-order valence-corrected chi connectivity index (χ3v) is 8.50. The number of hydrogen-bond acceptors (Lipinski definition) is 0. The maximum Gasteiger partial charge on any atom is -0.0288 e. The largest absolute Gasteiger partial charge is 0.0856 e. The second kappa shape index (κ2) is 29.5. The summed E-state index contributed by atoms with van der Waals surface area (Å²) in [6.45, 7) is 15.8. The molecule has 234 valence electrons. The van der Waals surface area contributed by atoms with Crippen LogP contribution in [0.2, 0.25) is 0 Å². The van der Waals surface area contributed by atoms with Gasteiger partial charge in [-0.05, 0) is 92.4 Å². The summed E-state index contributed by atoms with van der Waals surface area (Å²) in [7, 11) is 0. The van der Waals surface area contributed by atoms with E-state index in [9.17, 15) is 0 Å². The molecule has 0 bridgehead atoms. The lowest BCUT2D eigenvalue weighted by molar-refractivity contribution is 0.454. The monoisotopic (exact) mass is 555 g/mol. The van der Waals surface area contributed by atoms with Crippen LogP contribution < -0.4 is 0 Å². The van der Waals surface area contributed by atoms with Crippen LogP contribution in [0.15, 0.2) is 46.6 Å². The van der Waals surface area contributed by atoms with Gasteiger partial charge in [-0.1, -0.05) is 163 Å². The summed E-state index contributed by atoms with van der Waals surface area (Å²) in [4.78, 5) is 0. The molecule has 0 radical (unpaired) electrons. The minimum absolute atomic E-state index is 0.813. The minimum atomic E-state index is 0.813. The molecule has 0 N–H and O–H groups in total. The van der Waals surface area contributed by atoms with Gasteiger partial charge in [-0.3, -0.25) is 0 Å². The van der Waals surface area contributed by atoms with Crippen LogP contribution >= 0.6 is 0 Å². The Morgan fingerprint density at radius 2 is 0.750 bits per heavy atom. The van der Waals surface area contributed by atoms with E-state index in [1.165, 1.54) is 165 Å². The van der Waals surface area contributed by atoms with Gasteiger partial charge in [0.25, 0.3) is 0 Å². The van der Waals surface area contributed by atoms with E-state index < -0.39 is 0 Å². The number of hydrogen-bond donors (Lipinski definition) is 0. The van der Waals surface area contributed by atoms with Crippen molar-refractivity contribution in [2.75, 3.05) is 0 Å². The molecule has 0 aliphatic carbocycles. The summed E-state index contributed by atoms with van der Waals surface area (Å²) in [5.74, 6) is 0.813. The Morgan fingerprint density at radius 1 is 0.425 bits per heavy atom. The molecule has 0 nitrogen and oxygen atoms in total. The van der Waals surface area contributed by atoms with E-state index in [2.05, 4.69) is 72.8 Å². The molecule has 0 heterocycles. The molecule has 0 aromatic carbocycles. The predicted molar refractivity (Wildman–Crippen MR) is 186 cm³/mol. The van der Waals surface area contributed by atoms with Crippen LogP contribution in [0.1, 0.15) is 203 Å². The average molecular weight is 555 g/mol. The smallest absolute Gasteiger partial charge is 0.0288 e. The zero-order valence-electron chi connectivity index (χ0n) is 28.9. The molecule has 0 saturated heterocycles. The van der Waals surface area contributed by atoms with E-state index in [-0.39, 0.29) is 0 Å². The first-order valence-electron chi connectivity index (χ1n) is 17.9. The first kappa shape index (κ1) is 39.0. The molecule has 40 heavy (non-hydrogen) atoms. The van der Waals surface area contributed by atoms with Gasteiger partial charge in [0.15, 0.2) is 0 Å². The van der Waals surface area contributed by atoms with Crippen LogP contribution in [0, 0.1) is 5.92 Å². The Balaban J connectivity index is 4.12. The number of unbranched alkanes of at least 4 members (excludes halogenated alkanes) is 16. The van der Waals surface area contributed by atoms with Gasteiger partial charge in [0.05, 0.1) is 0 Å². The molecule has 0 saturated carbocycles. The van der Waals surface area contributed by atoms with Crippen LogP contribution in [-0.2, 0) is 0 Å². The fraction of sp³-hybridized carbons (Fsp3) is 0.800. The van der Waals surface area contributed by atoms with Crippen LogP contribution in [-0.4, -0.2) is 0 Å². The highest BCUT2D eigenvalue weighted by atomic mass is 14.1. The van der Waals surface area contributed by atoms with Crippen LogP contribution in [0.3, 0.4) is 0 Å². The molecule has 0 fully saturated rings. The summed E-state index contributed by atoms with van der Waals surface area (Å²) >= 11 is 0. The number of allylic oxidation sites excluding steroid dienone is 8. The van der Waals surface area contributed by atoms with E-state index in [1.807, 2.05) is 0 Å². The molecule has 0 unspecified atom stereocenters. The van der Waals surface area contributed by atoms with Crippen molar-refractivity contribution in [1.29, 1.82) is 0 Å². The van der Waals surface area contributed by atoms with Crippen molar-refractivity contribution >= 4 is 0 Å². The average Bonchev–Trinajstić information content (AvgIpc) is 2.91. The SMILES string of the molecule is CCCCCCCCCCCCCCCCCCCC(C/C=C(\C)CCC=C(C)C)C/C=C(\C)CCC=C(C)C. The first-order chi connectivity index (χ1) is 19.3. The molecular weight excluding hydrogens is 480 g/mol. The van der Waals surface area contributed by atoms with Crippen LogP contribution in [0.5, 0.6) is 0 Å². The Hall–Kier alpha value is -1.04. The predicted octanol–water partition coefficient (Wildman–Crippen LogP) is 14.8. The highest BCUT2D eigenvalue weighted by Crippen LogP contribution is 2.23. The minimum Gasteiger partial charge on any atom is -0.0856 e. The van der Waals surface area contributed by atoms with Crippen molar-refractivity contribution in [3.05, 3.63) is 46.6 Å². The van der Waals surface area contributed by atoms with E-state index in [0.717, 1.165) is 5.92 Å². The normalized spacial score (nSPS) is 12.3. The van der Waals surface area contributed by atoms with Crippen molar-refractivity contribution in [1.82, 2.24) is 0 Å². The Bertz CT molecular complexity index is 622. The lowest BCUT2D eigenvalue weighted by Gasteiger charge is -2.15. The molecular formula is C40H74. The second-order valence-electron chi connectivity index (χ2n) is 13.5. The zero-order chi connectivity index (χ0) is 29.7. The van der Waals surface area contributed by atoms with E-state index in [1.54, 1.807) is 11.1 Å². The zero-order valence-corrected chi connectivity index (χ0v) is 28.9. The Morgan fingerprint density at radius 3 is 1.07 bits per heavy atom. The van der Waals surface area contributed by atoms with Gasteiger partial charge < -0.3 is 0 Å². The summed E-state index contributed by atoms with van der Waals surface area (Å²) < 4.78 is 0. The standard InChI is InChI=1S/C40H74/c1-8-9-10-11-12-13-14-15-16-17-18-19-20-21-22-23-24-31-40(34-32-38(6)29-25-27-36(2)3)35-33-39(7)30-26-28-37(4)5/h27-28,32-33,40H,8-26,29-31,34-35H2,1-7H3/b38-32+,39-33+. The first-order valence-corrected chi connectivity index (χ1v) is 17.9. The molecule has 0 aliphatic heterocycles. The summed E-state index contributed by atoms with van der Waals surface area (Å²) in [6.07, 6.45) is 43.3. The Labute approximate surface area is 254 Å². The van der Waals surface area contributed by atoms with Crippen molar-refractivity contribution in [2.24, 2.45) is 5.92 Å². The van der Waals surface area contributed by atoms with E-state index in [4.69, 9.17) is 0 Å². The van der Waals surface area contributed by atoms with Crippen LogP contribution in [0.4, 0.5) is 0 Å². The highest BCUT2D eigenvalue weighted by Gasteiger charge is 2.07. The van der Waals surface area contributed by atoms with Crippen LogP contribution in [0.25, 0.3) is 0 Å². The quantitative estimate of drug-likeness (QED) is 0.0666. The topological polar surface area (TPSA) is 0 Å². The van der Waals surface area contributed by atoms with E-state index >= 15 is 0 Å². The van der Waals surface area contributed by atoms with Crippen molar-refractivity contribution < 1.29 is 0 Å². The summed E-state index contributed by atoms with van der Waals surface area (Å²) in [5.41, 5.74) is 6.04. The summed E-state index contributed by atoms with van der Waals surface area (Å²) in [5, 5.41) is 0. The fourth-order valence-electron chi connectivity index (χ4n) is 5.61. The molecule has 0 amide bonds. The molecule has 0 aromatic heterocycles. The van der Waals surface area contributed by atoms with Gasteiger partial charge in [-0.25, -0.2) is 0 Å². The molecule has 0 heteroatoms. The van der Waals surface area contributed by atoms with Gasteiger partial charge in [-0.15, -0.1) is 0 Å². The third-order valence-electron chi connectivity index (χ3n) is 8.50. The van der Waals surface area contributed by atoms with Gasteiger partial charge in [0.2, 0.25) is 0 Å². The third kappa shape index (κ3) is 29.9. The maximum atomic E-state index is 2.56. The van der Waals surface area contributed by atoms with Crippen molar-refractivity contribution in [3.63, 3.8) is 0 Å². The molecule has 0 spiro atoms. The molecule has 0 rings (SSSR count). The van der Waals surface area contributed by atoms with Crippen molar-refractivity contribution in [2.45, 2.75) is 203 Å². The Kier molecular flexibility index (Phi) is 28.7. The van der Waals surface area contributed by atoms with Gasteiger partial charge in [0.1, 0.15) is 0 Å². The second-order valence-corrected chi connectivity index (χ2v) is 13.5. The molecule has 0 aliphatic rings. The van der Waals surface area contributed by atoms with Gasteiger partial charge >= 0.3 is 0 Å². The van der Waals surface area contributed by atoms with E-state index in [0.29, 0.717) is 0 Å². The summed E-state index contributed by atoms with van der Waals surface area (Å²) in [6, 6.07) is 0.